The van der Waals surface area contributed by atoms with E-state index < -0.39 is 0 Å². The number of anilines is 1. The van der Waals surface area contributed by atoms with E-state index in [4.69, 9.17) is 4.98 Å². The molecule has 0 bridgehead atoms. The summed E-state index contributed by atoms with van der Waals surface area (Å²) in [6.07, 6.45) is 5.49. The van der Waals surface area contributed by atoms with Crippen molar-refractivity contribution in [3.63, 3.8) is 0 Å². The Hall–Kier alpha value is -4.26. The van der Waals surface area contributed by atoms with Gasteiger partial charge in [0, 0.05) is 36.2 Å². The molecule has 0 aliphatic rings. The van der Waals surface area contributed by atoms with Crippen molar-refractivity contribution < 1.29 is 4.79 Å². The molecule has 176 valence electrons. The molecule has 0 fully saturated rings. The first-order valence-corrected chi connectivity index (χ1v) is 11.7. The van der Waals surface area contributed by atoms with Gasteiger partial charge in [0.1, 0.15) is 5.82 Å². The summed E-state index contributed by atoms with van der Waals surface area (Å²) in [4.78, 5) is 22.6. The number of aromatic nitrogens is 5. The van der Waals surface area contributed by atoms with Crippen LogP contribution in [0, 0.1) is 13.8 Å². The van der Waals surface area contributed by atoms with Crippen LogP contribution in [0.3, 0.4) is 0 Å². The Labute approximate surface area is 204 Å². The molecule has 1 amide bonds. The van der Waals surface area contributed by atoms with E-state index in [1.165, 1.54) is 0 Å². The Morgan fingerprint density at radius 3 is 2.51 bits per heavy atom. The van der Waals surface area contributed by atoms with Gasteiger partial charge in [0.05, 0.1) is 22.8 Å². The molecule has 7 heteroatoms. The van der Waals surface area contributed by atoms with Crippen molar-refractivity contribution in [1.29, 1.82) is 0 Å². The Balaban J connectivity index is 1.48. The van der Waals surface area contributed by atoms with Crippen molar-refractivity contribution in [3.05, 3.63) is 95.7 Å². The Kier molecular flexibility index (Phi) is 5.91. The highest BCUT2D eigenvalue weighted by Crippen LogP contribution is 2.28. The van der Waals surface area contributed by atoms with Gasteiger partial charge in [0.25, 0.3) is 5.91 Å². The third kappa shape index (κ3) is 4.45. The first-order chi connectivity index (χ1) is 16.9. The number of benzene rings is 2. The quantitative estimate of drug-likeness (QED) is 0.345. The predicted octanol–water partition coefficient (Wildman–Crippen LogP) is 5.79. The highest BCUT2D eigenvalue weighted by atomic mass is 16.1. The molecular weight excluding hydrogens is 436 g/mol. The highest BCUT2D eigenvalue weighted by Gasteiger charge is 2.19. The molecule has 1 N–H and O–H groups in total. The van der Waals surface area contributed by atoms with Gasteiger partial charge in [0.15, 0.2) is 5.65 Å². The van der Waals surface area contributed by atoms with E-state index in [1.807, 2.05) is 79.3 Å². The van der Waals surface area contributed by atoms with Crippen molar-refractivity contribution in [2.45, 2.75) is 40.3 Å². The number of carbonyl (C=O) groups is 1. The fraction of sp³-hybridized carbons (Fsp3) is 0.214. The van der Waals surface area contributed by atoms with Crippen LogP contribution in [0.25, 0.3) is 22.3 Å². The standard InChI is InChI=1S/C28H28N6O/c1-18(2)34-27-25(16-30-34)24(15-26(32-27)23-8-6-5-7-19(23)3)28(35)31-22-11-9-21(10-12-22)17-33-14-13-29-20(33)4/h5-16,18H,17H2,1-4H3,(H,31,35). The van der Waals surface area contributed by atoms with Crippen LogP contribution in [0.4, 0.5) is 5.69 Å². The van der Waals surface area contributed by atoms with E-state index in [9.17, 15) is 4.79 Å². The Morgan fingerprint density at radius 1 is 1.06 bits per heavy atom. The molecule has 7 nitrogen and oxygen atoms in total. The smallest absolute Gasteiger partial charge is 0.256 e. The van der Waals surface area contributed by atoms with Crippen LogP contribution < -0.4 is 5.32 Å². The maximum absolute atomic E-state index is 13.5. The first-order valence-electron chi connectivity index (χ1n) is 11.7. The summed E-state index contributed by atoms with van der Waals surface area (Å²) in [5, 5.41) is 8.32. The second kappa shape index (κ2) is 9.18. The van der Waals surface area contributed by atoms with Gasteiger partial charge in [0.2, 0.25) is 0 Å². The summed E-state index contributed by atoms with van der Waals surface area (Å²) in [5.41, 5.74) is 5.99. The minimum atomic E-state index is -0.186. The molecular formula is C28H28N6O. The average Bonchev–Trinajstić information content (AvgIpc) is 3.46. The second-order valence-corrected chi connectivity index (χ2v) is 9.04. The lowest BCUT2D eigenvalue weighted by Gasteiger charge is -2.12. The van der Waals surface area contributed by atoms with Gasteiger partial charge >= 0.3 is 0 Å². The van der Waals surface area contributed by atoms with Crippen LogP contribution in [0.2, 0.25) is 0 Å². The predicted molar refractivity (Wildman–Crippen MR) is 139 cm³/mol. The number of rotatable bonds is 6. The van der Waals surface area contributed by atoms with Gasteiger partial charge in [-0.3, -0.25) is 4.79 Å². The van der Waals surface area contributed by atoms with Gasteiger partial charge in [-0.1, -0.05) is 36.4 Å². The number of hydrogen-bond acceptors (Lipinski definition) is 4. The van der Waals surface area contributed by atoms with Gasteiger partial charge in [-0.2, -0.15) is 5.10 Å². The normalized spacial score (nSPS) is 11.3. The number of fused-ring (bicyclic) bond motifs is 1. The monoisotopic (exact) mass is 464 g/mol. The molecule has 2 aromatic carbocycles. The number of pyridine rings is 1. The molecule has 0 radical (unpaired) electrons. The van der Waals surface area contributed by atoms with E-state index in [-0.39, 0.29) is 11.9 Å². The average molecular weight is 465 g/mol. The summed E-state index contributed by atoms with van der Waals surface area (Å²) in [6, 6.07) is 17.9. The lowest BCUT2D eigenvalue weighted by Crippen LogP contribution is -2.13. The van der Waals surface area contributed by atoms with Crippen molar-refractivity contribution in [3.8, 4) is 11.3 Å². The van der Waals surface area contributed by atoms with Crippen LogP contribution in [0.15, 0.2) is 73.2 Å². The van der Waals surface area contributed by atoms with Gasteiger partial charge in [-0.25, -0.2) is 14.6 Å². The molecule has 0 spiro atoms. The zero-order valence-electron chi connectivity index (χ0n) is 20.4. The summed E-state index contributed by atoms with van der Waals surface area (Å²) >= 11 is 0. The van der Waals surface area contributed by atoms with E-state index in [1.54, 1.807) is 12.4 Å². The summed E-state index contributed by atoms with van der Waals surface area (Å²) in [6.45, 7) is 8.88. The van der Waals surface area contributed by atoms with Gasteiger partial charge in [-0.15, -0.1) is 0 Å². The number of nitrogens with zero attached hydrogens (tertiary/aromatic N) is 5. The summed E-state index contributed by atoms with van der Waals surface area (Å²) in [5.74, 6) is 0.782. The molecule has 5 aromatic rings. The molecule has 0 saturated carbocycles. The molecule has 0 aliphatic carbocycles. The zero-order chi connectivity index (χ0) is 24.5. The lowest BCUT2D eigenvalue weighted by molar-refractivity contribution is 0.102. The number of hydrogen-bond donors (Lipinski definition) is 1. The Morgan fingerprint density at radius 2 is 1.83 bits per heavy atom. The zero-order valence-corrected chi connectivity index (χ0v) is 20.4. The SMILES string of the molecule is Cc1ccccc1-c1cc(C(=O)Nc2ccc(Cn3ccnc3C)cc2)c2cnn(C(C)C)c2n1. The number of amides is 1. The summed E-state index contributed by atoms with van der Waals surface area (Å²) < 4.78 is 3.95. The minimum absolute atomic E-state index is 0.120. The second-order valence-electron chi connectivity index (χ2n) is 9.04. The van der Waals surface area contributed by atoms with E-state index in [2.05, 4.69) is 33.8 Å². The fourth-order valence-electron chi connectivity index (χ4n) is 4.24. The number of carbonyl (C=O) groups excluding carboxylic acids is 1. The van der Waals surface area contributed by atoms with Crippen molar-refractivity contribution in [2.75, 3.05) is 5.32 Å². The minimum Gasteiger partial charge on any atom is -0.331 e. The van der Waals surface area contributed by atoms with Crippen LogP contribution in [0.1, 0.15) is 47.2 Å². The largest absolute Gasteiger partial charge is 0.331 e. The van der Waals surface area contributed by atoms with Gasteiger partial charge < -0.3 is 9.88 Å². The molecule has 0 aliphatic heterocycles. The van der Waals surface area contributed by atoms with Crippen LogP contribution in [0.5, 0.6) is 0 Å². The molecule has 5 rings (SSSR count). The molecule has 3 aromatic heterocycles. The summed E-state index contributed by atoms with van der Waals surface area (Å²) in [7, 11) is 0. The van der Waals surface area contributed by atoms with Gasteiger partial charge in [-0.05, 0) is 57.0 Å². The molecule has 0 saturated heterocycles. The topological polar surface area (TPSA) is 77.6 Å². The molecule has 0 atom stereocenters. The van der Waals surface area contributed by atoms with Crippen LogP contribution in [-0.4, -0.2) is 30.2 Å². The molecule has 3 heterocycles. The number of imidazole rings is 1. The molecule has 35 heavy (non-hydrogen) atoms. The first kappa shape index (κ1) is 22.5. The third-order valence-electron chi connectivity index (χ3n) is 6.21. The fourth-order valence-corrected chi connectivity index (χ4v) is 4.24. The highest BCUT2D eigenvalue weighted by molar-refractivity contribution is 6.12. The van der Waals surface area contributed by atoms with E-state index in [0.29, 0.717) is 11.2 Å². The van der Waals surface area contributed by atoms with Crippen molar-refractivity contribution >= 4 is 22.6 Å². The Bertz CT molecular complexity index is 1510. The third-order valence-corrected chi connectivity index (χ3v) is 6.21. The maximum Gasteiger partial charge on any atom is 0.256 e. The van der Waals surface area contributed by atoms with E-state index in [0.717, 1.165) is 45.8 Å². The number of aryl methyl sites for hydroxylation is 2. The molecule has 0 unspecified atom stereocenters. The van der Waals surface area contributed by atoms with Crippen LogP contribution >= 0.6 is 0 Å². The van der Waals surface area contributed by atoms with Crippen molar-refractivity contribution in [1.82, 2.24) is 24.3 Å². The van der Waals surface area contributed by atoms with Crippen molar-refractivity contribution in [2.24, 2.45) is 0 Å². The van der Waals surface area contributed by atoms with Crippen LogP contribution in [-0.2, 0) is 6.54 Å². The maximum atomic E-state index is 13.5. The number of nitrogens with one attached hydrogen (secondary N) is 1. The van der Waals surface area contributed by atoms with E-state index >= 15 is 0 Å². The lowest BCUT2D eigenvalue weighted by atomic mass is 10.0.